The first-order chi connectivity index (χ1) is 38.3. The van der Waals surface area contributed by atoms with E-state index in [0.717, 1.165) is 66.5 Å². The van der Waals surface area contributed by atoms with Crippen LogP contribution in [0.15, 0.2) is 283 Å². The third-order valence-electron chi connectivity index (χ3n) is 17.5. The molecule has 3 aliphatic carbocycles. The van der Waals surface area contributed by atoms with Crippen molar-refractivity contribution in [3.63, 3.8) is 0 Å². The average molecular weight is 979 g/mol. The third kappa shape index (κ3) is 5.40. The van der Waals surface area contributed by atoms with Crippen molar-refractivity contribution in [2.24, 2.45) is 0 Å². The minimum absolute atomic E-state index is 0.538. The van der Waals surface area contributed by atoms with Gasteiger partial charge >= 0.3 is 0 Å². The third-order valence-corrected chi connectivity index (χ3v) is 17.5. The molecule has 77 heavy (non-hydrogen) atoms. The molecule has 0 fully saturated rings. The molecule has 17 rings (SSSR count). The second-order valence-electron chi connectivity index (χ2n) is 20.9. The molecule has 1 spiro atoms. The van der Waals surface area contributed by atoms with E-state index in [9.17, 15) is 0 Å². The Balaban J connectivity index is 1.05. The molecule has 14 aromatic rings. The number of rotatable bonds is 6. The minimum atomic E-state index is -0.606. The van der Waals surface area contributed by atoms with Crippen LogP contribution in [0.5, 0.6) is 0 Å². The van der Waals surface area contributed by atoms with Gasteiger partial charge in [0.05, 0.1) is 38.9 Å². The maximum atomic E-state index is 7.01. The number of anilines is 3. The average Bonchev–Trinajstić information content (AvgIpc) is 4.47. The van der Waals surface area contributed by atoms with Gasteiger partial charge in [0.25, 0.3) is 0 Å². The van der Waals surface area contributed by atoms with E-state index in [-0.39, 0.29) is 0 Å². The van der Waals surface area contributed by atoms with Crippen LogP contribution in [0.4, 0.5) is 17.1 Å². The smallest absolute Gasteiger partial charge is 0.160 e. The summed E-state index contributed by atoms with van der Waals surface area (Å²) in [6.45, 7) is 0. The van der Waals surface area contributed by atoms with Crippen molar-refractivity contribution in [3.8, 4) is 39.1 Å². The highest BCUT2D eigenvalue weighted by molar-refractivity contribution is 6.25. The second kappa shape index (κ2) is 15.8. The van der Waals surface area contributed by atoms with Crippen molar-refractivity contribution in [2.75, 3.05) is 4.90 Å². The van der Waals surface area contributed by atoms with Crippen LogP contribution < -0.4 is 4.90 Å². The molecule has 0 radical (unpaired) electrons. The summed E-state index contributed by atoms with van der Waals surface area (Å²) in [7, 11) is 0. The van der Waals surface area contributed by atoms with Crippen molar-refractivity contribution in [2.45, 2.75) is 10.8 Å². The molecule has 3 nitrogen and oxygen atoms in total. The van der Waals surface area contributed by atoms with Gasteiger partial charge in [-0.15, -0.1) is 0 Å². The molecule has 0 atom stereocenters. The lowest BCUT2D eigenvalue weighted by Gasteiger charge is -2.35. The molecule has 0 bridgehead atoms. The van der Waals surface area contributed by atoms with E-state index in [2.05, 4.69) is 289 Å². The molecule has 2 aromatic heterocycles. The number of para-hydroxylation sites is 2. The van der Waals surface area contributed by atoms with Gasteiger partial charge in [0.15, 0.2) is 5.58 Å². The zero-order chi connectivity index (χ0) is 50.4. The van der Waals surface area contributed by atoms with Gasteiger partial charge in [-0.1, -0.05) is 231 Å². The Morgan fingerprint density at radius 2 is 0.753 bits per heavy atom. The zero-order valence-electron chi connectivity index (χ0n) is 41.9. The molecule has 358 valence electrons. The lowest BCUT2D eigenvalue weighted by Crippen LogP contribution is -2.28. The van der Waals surface area contributed by atoms with Crippen LogP contribution in [0.1, 0.15) is 44.5 Å². The summed E-state index contributed by atoms with van der Waals surface area (Å²) in [5, 5.41) is 4.47. The number of furan rings is 1. The Bertz CT molecular complexity index is 4570. The first-order valence-electron chi connectivity index (χ1n) is 26.8. The highest BCUT2D eigenvalue weighted by atomic mass is 16.3. The predicted molar refractivity (Wildman–Crippen MR) is 316 cm³/mol. The molecule has 12 aromatic carbocycles. The zero-order valence-corrected chi connectivity index (χ0v) is 41.9. The summed E-state index contributed by atoms with van der Waals surface area (Å²) >= 11 is 0. The maximum Gasteiger partial charge on any atom is 0.160 e. The molecule has 0 N–H and O–H groups in total. The lowest BCUT2D eigenvalue weighted by atomic mass is 9.68. The van der Waals surface area contributed by atoms with E-state index in [1.54, 1.807) is 0 Å². The molecule has 0 aliphatic heterocycles. The van der Waals surface area contributed by atoms with Gasteiger partial charge in [-0.05, 0) is 115 Å². The van der Waals surface area contributed by atoms with Gasteiger partial charge in [0.1, 0.15) is 5.58 Å². The molecule has 0 unspecified atom stereocenters. The first kappa shape index (κ1) is 42.4. The van der Waals surface area contributed by atoms with Crippen LogP contribution >= 0.6 is 0 Å². The van der Waals surface area contributed by atoms with Gasteiger partial charge < -0.3 is 13.9 Å². The summed E-state index contributed by atoms with van der Waals surface area (Å²) in [6, 6.07) is 104. The Morgan fingerprint density at radius 1 is 0.312 bits per heavy atom. The fourth-order valence-corrected chi connectivity index (χ4v) is 14.7. The van der Waals surface area contributed by atoms with Crippen molar-refractivity contribution < 1.29 is 4.42 Å². The van der Waals surface area contributed by atoms with E-state index in [1.165, 1.54) is 77.9 Å². The number of benzene rings is 12. The number of aromatic nitrogens is 1. The van der Waals surface area contributed by atoms with Crippen LogP contribution in [-0.4, -0.2) is 4.57 Å². The number of hydrogen-bond donors (Lipinski definition) is 0. The monoisotopic (exact) mass is 978 g/mol. The van der Waals surface area contributed by atoms with E-state index in [0.29, 0.717) is 0 Å². The van der Waals surface area contributed by atoms with Gasteiger partial charge in [-0.3, -0.25) is 0 Å². The molecule has 3 aliphatic rings. The maximum absolute atomic E-state index is 7.01. The summed E-state index contributed by atoms with van der Waals surface area (Å²) in [5.74, 6) is 0. The van der Waals surface area contributed by atoms with Gasteiger partial charge in [-0.25, -0.2) is 0 Å². The molecule has 0 saturated heterocycles. The molecule has 2 heterocycles. The lowest BCUT2D eigenvalue weighted by molar-refractivity contribution is 0.671. The molecule has 3 heteroatoms. The highest BCUT2D eigenvalue weighted by Crippen LogP contribution is 2.66. The topological polar surface area (TPSA) is 21.3 Å². The minimum Gasteiger partial charge on any atom is -0.454 e. The Kier molecular flexibility index (Phi) is 8.69. The summed E-state index contributed by atoms with van der Waals surface area (Å²) in [5.41, 5.74) is 24.9. The SMILES string of the molecule is c1ccc(-n2c3cccc(N(c4cccc5c4-c4ccccc4C5(c4ccccc4)c4ccccc4)c4cccc5c4-c4ccccc4C54c5ccccc5-c5ccccc54)c3c3ccc4c5ccccc5oc4c32)cc1. The van der Waals surface area contributed by atoms with Crippen LogP contribution in [0.3, 0.4) is 0 Å². The van der Waals surface area contributed by atoms with Crippen molar-refractivity contribution in [1.82, 2.24) is 4.57 Å². The Labute approximate surface area is 445 Å². The van der Waals surface area contributed by atoms with Gasteiger partial charge in [0.2, 0.25) is 0 Å². The summed E-state index contributed by atoms with van der Waals surface area (Å²) in [6.07, 6.45) is 0. The van der Waals surface area contributed by atoms with E-state index in [4.69, 9.17) is 4.42 Å². The molecule has 0 amide bonds. The summed E-state index contributed by atoms with van der Waals surface area (Å²) in [4.78, 5) is 2.64. The molecular weight excluding hydrogens is 933 g/mol. The van der Waals surface area contributed by atoms with Crippen molar-refractivity contribution in [1.29, 1.82) is 0 Å². The van der Waals surface area contributed by atoms with Crippen LogP contribution in [0.2, 0.25) is 0 Å². The number of hydrogen-bond acceptors (Lipinski definition) is 2. The first-order valence-corrected chi connectivity index (χ1v) is 26.8. The van der Waals surface area contributed by atoms with Crippen LogP contribution in [-0.2, 0) is 10.8 Å². The normalized spacial score (nSPS) is 13.9. The fourth-order valence-electron chi connectivity index (χ4n) is 14.7. The molecular formula is C74H46N2O. The van der Waals surface area contributed by atoms with Gasteiger partial charge in [0, 0.05) is 38.4 Å². The Morgan fingerprint density at radius 3 is 1.36 bits per heavy atom. The fraction of sp³-hybridized carbons (Fsp3) is 0.0270. The van der Waals surface area contributed by atoms with Gasteiger partial charge in [-0.2, -0.15) is 0 Å². The second-order valence-corrected chi connectivity index (χ2v) is 20.9. The van der Waals surface area contributed by atoms with E-state index in [1.807, 2.05) is 0 Å². The van der Waals surface area contributed by atoms with Crippen molar-refractivity contribution >= 4 is 60.8 Å². The quantitative estimate of drug-likeness (QED) is 0.166. The van der Waals surface area contributed by atoms with E-state index >= 15 is 0 Å². The standard InChI is InChI=1S/C74H46N2O/c1-4-23-47(24-5-1)73(48-25-6-2-7-26-48)59-36-17-12-32-54(59)68-61(73)38-20-40-63(68)76(64-41-21-39-62-69(64)55-33-13-18-37-60(55)74(62)57-34-15-10-29-50(57)51-30-11-16-35-58(51)74)66-43-22-42-65-70(66)56-46-45-53-52-31-14-19-44-67(52)77-72(53)71(56)75(65)49-27-8-3-9-28-49/h1-46H. The highest BCUT2D eigenvalue weighted by Gasteiger charge is 2.53. The van der Waals surface area contributed by atoms with E-state index < -0.39 is 10.8 Å². The summed E-state index contributed by atoms with van der Waals surface area (Å²) < 4.78 is 9.44. The largest absolute Gasteiger partial charge is 0.454 e. The Hall–Kier alpha value is -9.96. The number of fused-ring (bicyclic) bond motifs is 20. The van der Waals surface area contributed by atoms with Crippen LogP contribution in [0, 0.1) is 0 Å². The van der Waals surface area contributed by atoms with Crippen LogP contribution in [0.25, 0.3) is 82.8 Å². The van der Waals surface area contributed by atoms with Crippen molar-refractivity contribution in [3.05, 3.63) is 324 Å². The molecule has 0 saturated carbocycles. The predicted octanol–water partition coefficient (Wildman–Crippen LogP) is 18.9. The number of nitrogens with zero attached hydrogens (tertiary/aromatic N) is 2.